The van der Waals surface area contributed by atoms with Crippen molar-refractivity contribution in [3.63, 3.8) is 0 Å². The van der Waals surface area contributed by atoms with Crippen molar-refractivity contribution in [2.45, 2.75) is 44.2 Å². The minimum Gasteiger partial charge on any atom is -0.360 e. The second-order valence-corrected chi connectivity index (χ2v) is 8.83. The summed E-state index contributed by atoms with van der Waals surface area (Å²) in [7, 11) is 1.79. The third-order valence-electron chi connectivity index (χ3n) is 6.18. The Hall–Kier alpha value is -2.35. The van der Waals surface area contributed by atoms with Gasteiger partial charge in [0.2, 0.25) is 0 Å². The fourth-order valence-electron chi connectivity index (χ4n) is 4.31. The van der Waals surface area contributed by atoms with Crippen molar-refractivity contribution in [3.8, 4) is 0 Å². The normalized spacial score (nSPS) is 20.1. The lowest BCUT2D eigenvalue weighted by atomic mass is 9.96. The van der Waals surface area contributed by atoms with Gasteiger partial charge in [-0.05, 0) is 56.2 Å². The number of hydrogen-bond donors (Lipinski definition) is 0. The van der Waals surface area contributed by atoms with Gasteiger partial charge in [-0.2, -0.15) is 13.2 Å². The molecule has 0 spiro atoms. The van der Waals surface area contributed by atoms with Crippen LogP contribution in [0, 0.1) is 5.92 Å². The van der Waals surface area contributed by atoms with Crippen molar-refractivity contribution in [3.05, 3.63) is 52.9 Å². The summed E-state index contributed by atoms with van der Waals surface area (Å²) in [5.74, 6) is 1.43. The Morgan fingerprint density at radius 2 is 2.06 bits per heavy atom. The van der Waals surface area contributed by atoms with E-state index in [4.69, 9.17) is 4.52 Å². The van der Waals surface area contributed by atoms with Crippen LogP contribution in [0.5, 0.6) is 0 Å². The number of amides is 1. The van der Waals surface area contributed by atoms with Crippen LogP contribution in [0.15, 0.2) is 34.9 Å². The number of carbonyl (C=O) groups is 1. The van der Waals surface area contributed by atoms with E-state index in [0.29, 0.717) is 42.6 Å². The smallest absolute Gasteiger partial charge is 0.360 e. The van der Waals surface area contributed by atoms with Gasteiger partial charge in [-0.15, -0.1) is 0 Å². The van der Waals surface area contributed by atoms with Gasteiger partial charge in [0, 0.05) is 38.7 Å². The van der Waals surface area contributed by atoms with Gasteiger partial charge in [-0.3, -0.25) is 4.79 Å². The van der Waals surface area contributed by atoms with Crippen LogP contribution in [0.4, 0.5) is 13.2 Å². The minimum absolute atomic E-state index is 0.128. The van der Waals surface area contributed by atoms with Crippen molar-refractivity contribution in [1.29, 1.82) is 0 Å². The molecule has 2 aliphatic rings. The first-order valence-corrected chi connectivity index (χ1v) is 10.9. The number of nitrogens with zero attached hydrogens (tertiary/aromatic N) is 3. The highest BCUT2D eigenvalue weighted by atomic mass is 19.4. The van der Waals surface area contributed by atoms with Crippen LogP contribution in [-0.4, -0.2) is 54.1 Å². The Morgan fingerprint density at radius 3 is 2.81 bits per heavy atom. The van der Waals surface area contributed by atoms with Crippen molar-refractivity contribution in [2.24, 2.45) is 5.92 Å². The van der Waals surface area contributed by atoms with E-state index in [2.05, 4.69) is 10.1 Å². The summed E-state index contributed by atoms with van der Waals surface area (Å²) in [6, 6.07) is 7.32. The van der Waals surface area contributed by atoms with Gasteiger partial charge in [0.1, 0.15) is 5.76 Å². The third-order valence-corrected chi connectivity index (χ3v) is 6.18. The van der Waals surface area contributed by atoms with E-state index >= 15 is 0 Å². The largest absolute Gasteiger partial charge is 0.416 e. The molecule has 1 saturated heterocycles. The van der Waals surface area contributed by atoms with Crippen LogP contribution in [-0.2, 0) is 12.6 Å². The molecule has 1 aliphatic carbocycles. The zero-order valence-corrected chi connectivity index (χ0v) is 17.7. The molecular weight excluding hydrogens is 407 g/mol. The molecular formula is C23H28F3N3O2. The fraction of sp³-hybridized carbons (Fsp3) is 0.565. The van der Waals surface area contributed by atoms with Crippen LogP contribution in [0.3, 0.4) is 0 Å². The van der Waals surface area contributed by atoms with E-state index in [1.165, 1.54) is 12.1 Å². The number of piperidine rings is 1. The lowest BCUT2D eigenvalue weighted by molar-refractivity contribution is -0.137. The Morgan fingerprint density at radius 1 is 1.26 bits per heavy atom. The van der Waals surface area contributed by atoms with Gasteiger partial charge in [0.15, 0.2) is 5.69 Å². The summed E-state index contributed by atoms with van der Waals surface area (Å²) >= 11 is 0. The van der Waals surface area contributed by atoms with E-state index in [1.807, 2.05) is 0 Å². The first kappa shape index (κ1) is 21.9. The molecule has 0 radical (unpaired) electrons. The number of likely N-dealkylation sites (tertiary alicyclic amines) is 1. The topological polar surface area (TPSA) is 49.6 Å². The molecule has 168 valence electrons. The average Bonchev–Trinajstić information content (AvgIpc) is 3.48. The molecule has 0 bridgehead atoms. The second-order valence-electron chi connectivity index (χ2n) is 8.83. The monoisotopic (exact) mass is 435 g/mol. The van der Waals surface area contributed by atoms with E-state index in [1.54, 1.807) is 24.1 Å². The van der Waals surface area contributed by atoms with Crippen LogP contribution >= 0.6 is 0 Å². The van der Waals surface area contributed by atoms with E-state index in [-0.39, 0.29) is 5.91 Å². The second kappa shape index (κ2) is 9.02. The summed E-state index contributed by atoms with van der Waals surface area (Å²) in [5, 5.41) is 3.94. The quantitative estimate of drug-likeness (QED) is 0.638. The van der Waals surface area contributed by atoms with Gasteiger partial charge in [-0.1, -0.05) is 23.4 Å². The third kappa shape index (κ3) is 5.67. The summed E-state index contributed by atoms with van der Waals surface area (Å²) in [6.45, 7) is 3.11. The average molecular weight is 435 g/mol. The highest BCUT2D eigenvalue weighted by Gasteiger charge is 2.31. The highest BCUT2D eigenvalue weighted by Crippen LogP contribution is 2.40. The predicted octanol–water partition coefficient (Wildman–Crippen LogP) is 4.60. The SMILES string of the molecule is CN(C[C@@H]1CCCN(CCc2cccc(C(F)(F)F)c2)C1)C(=O)c1cc(C2CC2)on1. The molecule has 1 saturated carbocycles. The first-order chi connectivity index (χ1) is 14.8. The van der Waals surface area contributed by atoms with E-state index in [9.17, 15) is 18.0 Å². The summed E-state index contributed by atoms with van der Waals surface area (Å²) < 4.78 is 44.0. The molecule has 1 aliphatic heterocycles. The molecule has 4 rings (SSSR count). The zero-order chi connectivity index (χ0) is 22.0. The first-order valence-electron chi connectivity index (χ1n) is 10.9. The molecule has 2 aromatic rings. The van der Waals surface area contributed by atoms with Gasteiger partial charge in [0.25, 0.3) is 5.91 Å². The van der Waals surface area contributed by atoms with Gasteiger partial charge in [-0.25, -0.2) is 0 Å². The van der Waals surface area contributed by atoms with Crippen LogP contribution in [0.2, 0.25) is 0 Å². The van der Waals surface area contributed by atoms with E-state index < -0.39 is 11.7 Å². The number of halogens is 3. The van der Waals surface area contributed by atoms with Crippen molar-refractivity contribution in [1.82, 2.24) is 15.0 Å². The van der Waals surface area contributed by atoms with E-state index in [0.717, 1.165) is 50.6 Å². The highest BCUT2D eigenvalue weighted by molar-refractivity contribution is 5.92. The molecule has 2 fully saturated rings. The number of aromatic nitrogens is 1. The van der Waals surface area contributed by atoms with Crippen molar-refractivity contribution in [2.75, 3.05) is 33.2 Å². The van der Waals surface area contributed by atoms with Crippen LogP contribution in [0.1, 0.15) is 59.0 Å². The van der Waals surface area contributed by atoms with Gasteiger partial charge < -0.3 is 14.3 Å². The molecule has 1 aromatic heterocycles. The molecule has 1 aromatic carbocycles. The van der Waals surface area contributed by atoms with Crippen molar-refractivity contribution < 1.29 is 22.5 Å². The van der Waals surface area contributed by atoms with Gasteiger partial charge in [0.05, 0.1) is 5.56 Å². The molecule has 31 heavy (non-hydrogen) atoms. The molecule has 1 amide bonds. The molecule has 0 N–H and O–H groups in total. The summed E-state index contributed by atoms with van der Waals surface area (Å²) in [4.78, 5) is 16.7. The Labute approximate surface area is 180 Å². The zero-order valence-electron chi connectivity index (χ0n) is 17.7. The van der Waals surface area contributed by atoms with Gasteiger partial charge >= 0.3 is 6.18 Å². The Kier molecular flexibility index (Phi) is 6.36. The standard InChI is InChI=1S/C23H28F3N3O2/c1-28(22(30)20-13-21(31-27-20)18-7-8-18)14-17-5-3-10-29(15-17)11-9-16-4-2-6-19(12-16)23(24,25)26/h2,4,6,12-13,17-18H,3,5,7-11,14-15H2,1H3/t17-/m0/s1. The lowest BCUT2D eigenvalue weighted by Crippen LogP contribution is -2.42. The molecule has 2 heterocycles. The Balaban J connectivity index is 1.27. The van der Waals surface area contributed by atoms with Crippen LogP contribution < -0.4 is 0 Å². The molecule has 0 unspecified atom stereocenters. The summed E-state index contributed by atoms with van der Waals surface area (Å²) in [5.41, 5.74) is 0.461. The predicted molar refractivity (Wildman–Crippen MR) is 110 cm³/mol. The number of benzene rings is 1. The van der Waals surface area contributed by atoms with Crippen molar-refractivity contribution >= 4 is 5.91 Å². The number of carbonyl (C=O) groups excluding carboxylic acids is 1. The number of alkyl halides is 3. The molecule has 8 heteroatoms. The maximum Gasteiger partial charge on any atom is 0.416 e. The molecule has 5 nitrogen and oxygen atoms in total. The Bertz CT molecular complexity index is 907. The lowest BCUT2D eigenvalue weighted by Gasteiger charge is -2.34. The number of rotatable bonds is 7. The maximum atomic E-state index is 12.9. The molecule has 1 atom stereocenters. The number of hydrogen-bond acceptors (Lipinski definition) is 4. The maximum absolute atomic E-state index is 12.9. The fourth-order valence-corrected chi connectivity index (χ4v) is 4.31. The minimum atomic E-state index is -4.31. The summed E-state index contributed by atoms with van der Waals surface area (Å²) in [6.07, 6.45) is 0.504. The van der Waals surface area contributed by atoms with Crippen LogP contribution in [0.25, 0.3) is 0 Å².